The Morgan fingerprint density at radius 3 is 2.26 bits per heavy atom. The van der Waals surface area contributed by atoms with E-state index in [9.17, 15) is 9.59 Å². The third-order valence-corrected chi connectivity index (χ3v) is 3.42. The van der Waals surface area contributed by atoms with Crippen LogP contribution in [0.4, 0.5) is 5.69 Å². The summed E-state index contributed by atoms with van der Waals surface area (Å²) in [6.07, 6.45) is 0.337. The minimum absolute atomic E-state index is 0.00306. The Morgan fingerprint density at radius 2 is 1.65 bits per heavy atom. The summed E-state index contributed by atoms with van der Waals surface area (Å²) in [5, 5.41) is 5.73. The smallest absolute Gasteiger partial charge is 0.255 e. The van der Waals surface area contributed by atoms with Gasteiger partial charge in [0.15, 0.2) is 0 Å². The average molecular weight is 310 g/mol. The summed E-state index contributed by atoms with van der Waals surface area (Å²) in [5.74, 6) is -0.134. The van der Waals surface area contributed by atoms with E-state index in [-0.39, 0.29) is 17.9 Å². The molecule has 23 heavy (non-hydrogen) atoms. The lowest BCUT2D eigenvalue weighted by molar-refractivity contribution is -0.120. The number of amides is 2. The van der Waals surface area contributed by atoms with Crippen molar-refractivity contribution in [1.29, 1.82) is 0 Å². The van der Waals surface area contributed by atoms with Crippen LogP contribution in [0.25, 0.3) is 0 Å². The van der Waals surface area contributed by atoms with Gasteiger partial charge in [-0.05, 0) is 50.1 Å². The minimum Gasteiger partial charge on any atom is -0.354 e. The first-order chi connectivity index (χ1) is 11.0. The minimum atomic E-state index is -0.131. The van der Waals surface area contributed by atoms with E-state index in [1.807, 2.05) is 63.2 Å². The van der Waals surface area contributed by atoms with Gasteiger partial charge < -0.3 is 10.6 Å². The molecule has 0 fully saturated rings. The second-order valence-corrected chi connectivity index (χ2v) is 5.86. The molecule has 0 unspecified atom stereocenters. The predicted molar refractivity (Wildman–Crippen MR) is 92.6 cm³/mol. The number of rotatable bonds is 5. The number of carbonyl (C=O) groups is 2. The molecule has 2 amide bonds. The zero-order valence-corrected chi connectivity index (χ0v) is 13.7. The first-order valence-electron chi connectivity index (χ1n) is 7.71. The second-order valence-electron chi connectivity index (χ2n) is 5.86. The molecule has 0 spiro atoms. The Kier molecular flexibility index (Phi) is 5.52. The lowest BCUT2D eigenvalue weighted by atomic mass is 10.1. The van der Waals surface area contributed by atoms with Crippen molar-refractivity contribution in [2.75, 3.05) is 5.32 Å². The summed E-state index contributed by atoms with van der Waals surface area (Å²) in [6.45, 7) is 5.77. The SMILES string of the molecule is Cc1ccccc1C(=O)Nc1ccc(CC(=O)NC(C)C)cc1. The molecule has 0 aliphatic heterocycles. The number of anilines is 1. The van der Waals surface area contributed by atoms with Gasteiger partial charge in [0.25, 0.3) is 5.91 Å². The molecule has 120 valence electrons. The zero-order chi connectivity index (χ0) is 16.8. The third-order valence-electron chi connectivity index (χ3n) is 3.42. The van der Waals surface area contributed by atoms with Gasteiger partial charge in [0, 0.05) is 17.3 Å². The maximum Gasteiger partial charge on any atom is 0.255 e. The number of aryl methyl sites for hydroxylation is 1. The molecule has 2 rings (SSSR count). The van der Waals surface area contributed by atoms with Crippen molar-refractivity contribution in [3.05, 3.63) is 65.2 Å². The molecular weight excluding hydrogens is 288 g/mol. The van der Waals surface area contributed by atoms with Crippen molar-refractivity contribution in [2.45, 2.75) is 33.2 Å². The maximum atomic E-state index is 12.2. The summed E-state index contributed by atoms with van der Waals surface area (Å²) in [6, 6.07) is 14.9. The van der Waals surface area contributed by atoms with Crippen LogP contribution in [-0.2, 0) is 11.2 Å². The maximum absolute atomic E-state index is 12.2. The van der Waals surface area contributed by atoms with Gasteiger partial charge in [-0.3, -0.25) is 9.59 Å². The van der Waals surface area contributed by atoms with E-state index >= 15 is 0 Å². The summed E-state index contributed by atoms with van der Waals surface area (Å²) >= 11 is 0. The van der Waals surface area contributed by atoms with E-state index in [1.165, 1.54) is 0 Å². The summed E-state index contributed by atoms with van der Waals surface area (Å²) in [4.78, 5) is 24.0. The topological polar surface area (TPSA) is 58.2 Å². The van der Waals surface area contributed by atoms with Crippen LogP contribution in [0.5, 0.6) is 0 Å². The van der Waals surface area contributed by atoms with Crippen LogP contribution in [0.1, 0.15) is 35.3 Å². The van der Waals surface area contributed by atoms with Crippen molar-refractivity contribution in [3.8, 4) is 0 Å². The molecule has 0 bridgehead atoms. The van der Waals surface area contributed by atoms with Gasteiger partial charge in [-0.2, -0.15) is 0 Å². The molecular formula is C19H22N2O2. The summed E-state index contributed by atoms with van der Waals surface area (Å²) in [7, 11) is 0. The van der Waals surface area contributed by atoms with Crippen LogP contribution in [0, 0.1) is 6.92 Å². The Labute approximate surface area is 136 Å². The predicted octanol–water partition coefficient (Wildman–Crippen LogP) is 3.31. The fraction of sp³-hybridized carbons (Fsp3) is 0.263. The standard InChI is InChI=1S/C19H22N2O2/c1-13(2)20-18(22)12-15-8-10-16(11-9-15)21-19(23)17-7-5-4-6-14(17)3/h4-11,13H,12H2,1-3H3,(H,20,22)(H,21,23). The molecule has 0 aliphatic carbocycles. The fourth-order valence-electron chi connectivity index (χ4n) is 2.29. The molecule has 0 saturated heterocycles. The number of carbonyl (C=O) groups excluding carboxylic acids is 2. The van der Waals surface area contributed by atoms with Gasteiger partial charge in [-0.25, -0.2) is 0 Å². The van der Waals surface area contributed by atoms with Gasteiger partial charge in [-0.15, -0.1) is 0 Å². The van der Waals surface area contributed by atoms with E-state index in [1.54, 1.807) is 6.07 Å². The molecule has 2 aromatic carbocycles. The Balaban J connectivity index is 1.99. The summed E-state index contributed by atoms with van der Waals surface area (Å²) in [5.41, 5.74) is 3.23. The van der Waals surface area contributed by atoms with Crippen molar-refractivity contribution in [2.24, 2.45) is 0 Å². The zero-order valence-electron chi connectivity index (χ0n) is 13.7. The molecule has 2 N–H and O–H groups in total. The number of hydrogen-bond acceptors (Lipinski definition) is 2. The van der Waals surface area contributed by atoms with Crippen molar-refractivity contribution in [3.63, 3.8) is 0 Å². The van der Waals surface area contributed by atoms with Gasteiger partial charge in [0.05, 0.1) is 6.42 Å². The number of nitrogens with one attached hydrogen (secondary N) is 2. The first-order valence-corrected chi connectivity index (χ1v) is 7.71. The van der Waals surface area contributed by atoms with Crippen molar-refractivity contribution >= 4 is 17.5 Å². The quantitative estimate of drug-likeness (QED) is 0.890. The lowest BCUT2D eigenvalue weighted by Gasteiger charge is -2.10. The molecule has 4 nitrogen and oxygen atoms in total. The van der Waals surface area contributed by atoms with E-state index in [0.29, 0.717) is 17.7 Å². The van der Waals surface area contributed by atoms with E-state index in [4.69, 9.17) is 0 Å². The number of benzene rings is 2. The highest BCUT2D eigenvalue weighted by molar-refractivity contribution is 6.05. The van der Waals surface area contributed by atoms with Crippen LogP contribution >= 0.6 is 0 Å². The van der Waals surface area contributed by atoms with E-state index in [2.05, 4.69) is 10.6 Å². The third kappa shape index (κ3) is 4.95. The highest BCUT2D eigenvalue weighted by Crippen LogP contribution is 2.14. The van der Waals surface area contributed by atoms with Crippen LogP contribution in [0.2, 0.25) is 0 Å². The fourth-order valence-corrected chi connectivity index (χ4v) is 2.29. The summed E-state index contributed by atoms with van der Waals surface area (Å²) < 4.78 is 0. The molecule has 0 radical (unpaired) electrons. The van der Waals surface area contributed by atoms with Gasteiger partial charge >= 0.3 is 0 Å². The Morgan fingerprint density at radius 1 is 1.00 bits per heavy atom. The van der Waals surface area contributed by atoms with Gasteiger partial charge in [0.1, 0.15) is 0 Å². The van der Waals surface area contributed by atoms with Crippen LogP contribution in [0.3, 0.4) is 0 Å². The Hall–Kier alpha value is -2.62. The van der Waals surface area contributed by atoms with Gasteiger partial charge in [0.2, 0.25) is 5.91 Å². The van der Waals surface area contributed by atoms with Gasteiger partial charge in [-0.1, -0.05) is 30.3 Å². The van der Waals surface area contributed by atoms with E-state index in [0.717, 1.165) is 11.1 Å². The molecule has 0 aromatic heterocycles. The lowest BCUT2D eigenvalue weighted by Crippen LogP contribution is -2.31. The highest BCUT2D eigenvalue weighted by atomic mass is 16.2. The molecule has 0 saturated carbocycles. The molecule has 2 aromatic rings. The van der Waals surface area contributed by atoms with Crippen LogP contribution in [0.15, 0.2) is 48.5 Å². The Bertz CT molecular complexity index is 691. The highest BCUT2D eigenvalue weighted by Gasteiger charge is 2.09. The molecule has 0 aliphatic rings. The van der Waals surface area contributed by atoms with Crippen LogP contribution < -0.4 is 10.6 Å². The first kappa shape index (κ1) is 16.7. The molecule has 0 heterocycles. The average Bonchev–Trinajstić information content (AvgIpc) is 2.48. The van der Waals surface area contributed by atoms with Crippen LogP contribution in [-0.4, -0.2) is 17.9 Å². The largest absolute Gasteiger partial charge is 0.354 e. The van der Waals surface area contributed by atoms with E-state index < -0.39 is 0 Å². The van der Waals surface area contributed by atoms with Crippen molar-refractivity contribution in [1.82, 2.24) is 5.32 Å². The molecule has 0 atom stereocenters. The normalized spacial score (nSPS) is 10.4. The monoisotopic (exact) mass is 310 g/mol. The van der Waals surface area contributed by atoms with Crippen molar-refractivity contribution < 1.29 is 9.59 Å². The number of hydrogen-bond donors (Lipinski definition) is 2. The molecule has 4 heteroatoms. The second kappa shape index (κ2) is 7.58.